The molecule has 14 heavy (non-hydrogen) atoms. The second-order valence-electron chi connectivity index (χ2n) is 3.12. The Kier molecular flexibility index (Phi) is 3.88. The van der Waals surface area contributed by atoms with Gasteiger partial charge in [0.1, 0.15) is 0 Å². The topological polar surface area (TPSA) is 63.7 Å². The average molecular weight is 221 g/mol. The fraction of sp³-hybridized carbons (Fsp3) is 0.875. The van der Waals surface area contributed by atoms with Gasteiger partial charge in [-0.2, -0.15) is 0 Å². The van der Waals surface area contributed by atoms with Crippen LogP contribution in [0.5, 0.6) is 0 Å². The Balaban J connectivity index is 2.35. The molecular formula is C8H15NO4S. The van der Waals surface area contributed by atoms with Crippen molar-refractivity contribution in [1.29, 1.82) is 0 Å². The highest BCUT2D eigenvalue weighted by Crippen LogP contribution is 2.13. The van der Waals surface area contributed by atoms with Gasteiger partial charge in [-0.1, -0.05) is 0 Å². The largest absolute Gasteiger partial charge is 0.466 e. The standard InChI is InChI=1S/C8H15NO4S/c1-2-13-8(10)4-6-9-5-3-7-14(9,11)12/h2-7H2,1H3. The van der Waals surface area contributed by atoms with Crippen LogP contribution in [0.15, 0.2) is 0 Å². The van der Waals surface area contributed by atoms with E-state index in [0.717, 1.165) is 0 Å². The molecule has 0 aromatic rings. The molecule has 0 radical (unpaired) electrons. The summed E-state index contributed by atoms with van der Waals surface area (Å²) >= 11 is 0. The van der Waals surface area contributed by atoms with Crippen molar-refractivity contribution in [1.82, 2.24) is 4.31 Å². The monoisotopic (exact) mass is 221 g/mol. The van der Waals surface area contributed by atoms with E-state index < -0.39 is 10.0 Å². The predicted octanol–water partition coefficient (Wildman–Crippen LogP) is -0.0249. The third kappa shape index (κ3) is 2.95. The van der Waals surface area contributed by atoms with Crippen LogP contribution in [0.1, 0.15) is 19.8 Å². The van der Waals surface area contributed by atoms with Crippen molar-refractivity contribution in [2.45, 2.75) is 19.8 Å². The van der Waals surface area contributed by atoms with Gasteiger partial charge >= 0.3 is 5.97 Å². The van der Waals surface area contributed by atoms with Crippen LogP contribution in [-0.2, 0) is 19.6 Å². The van der Waals surface area contributed by atoms with Crippen LogP contribution in [0.4, 0.5) is 0 Å². The fourth-order valence-electron chi connectivity index (χ4n) is 1.39. The lowest BCUT2D eigenvalue weighted by atomic mass is 10.4. The summed E-state index contributed by atoms with van der Waals surface area (Å²) in [7, 11) is -3.07. The molecule has 0 atom stereocenters. The van der Waals surface area contributed by atoms with Gasteiger partial charge in [-0.15, -0.1) is 0 Å². The van der Waals surface area contributed by atoms with Gasteiger partial charge in [0, 0.05) is 13.1 Å². The summed E-state index contributed by atoms with van der Waals surface area (Å²) in [6.45, 7) is 2.85. The summed E-state index contributed by atoms with van der Waals surface area (Å²) in [5, 5.41) is 0. The Labute approximate surface area is 84.1 Å². The average Bonchev–Trinajstić information content (AvgIpc) is 2.42. The Morgan fingerprint density at radius 2 is 2.21 bits per heavy atom. The van der Waals surface area contributed by atoms with Gasteiger partial charge in [0.2, 0.25) is 10.0 Å². The van der Waals surface area contributed by atoms with E-state index in [1.807, 2.05) is 0 Å². The normalized spacial score (nSPS) is 20.9. The Bertz CT molecular complexity index is 298. The fourth-order valence-corrected chi connectivity index (χ4v) is 2.92. The maximum Gasteiger partial charge on any atom is 0.307 e. The molecule has 5 nitrogen and oxygen atoms in total. The molecule has 0 spiro atoms. The molecule has 1 heterocycles. The van der Waals surface area contributed by atoms with E-state index in [4.69, 9.17) is 4.74 Å². The molecule has 1 fully saturated rings. The maximum absolute atomic E-state index is 11.3. The molecule has 0 saturated carbocycles. The Morgan fingerprint density at radius 1 is 1.50 bits per heavy atom. The van der Waals surface area contributed by atoms with Crippen molar-refractivity contribution in [2.24, 2.45) is 0 Å². The van der Waals surface area contributed by atoms with E-state index in [-0.39, 0.29) is 24.7 Å². The number of esters is 1. The van der Waals surface area contributed by atoms with Gasteiger partial charge < -0.3 is 4.74 Å². The molecule has 0 N–H and O–H groups in total. The summed E-state index contributed by atoms with van der Waals surface area (Å²) in [6.07, 6.45) is 0.804. The van der Waals surface area contributed by atoms with Gasteiger partial charge in [-0.3, -0.25) is 4.79 Å². The quantitative estimate of drug-likeness (QED) is 0.626. The molecule has 82 valence electrons. The molecule has 0 aromatic carbocycles. The van der Waals surface area contributed by atoms with Crippen LogP contribution in [0, 0.1) is 0 Å². The van der Waals surface area contributed by atoms with E-state index in [9.17, 15) is 13.2 Å². The molecule has 1 aliphatic heterocycles. The minimum absolute atomic E-state index is 0.146. The number of carbonyl (C=O) groups excluding carboxylic acids is 1. The van der Waals surface area contributed by atoms with Crippen molar-refractivity contribution in [3.63, 3.8) is 0 Å². The number of sulfonamides is 1. The smallest absolute Gasteiger partial charge is 0.307 e. The van der Waals surface area contributed by atoms with E-state index in [2.05, 4.69) is 0 Å². The zero-order valence-corrected chi connectivity index (χ0v) is 9.05. The first-order valence-corrected chi connectivity index (χ1v) is 6.30. The summed E-state index contributed by atoms with van der Waals surface area (Å²) in [4.78, 5) is 11.0. The SMILES string of the molecule is CCOC(=O)CCN1CCCS1(=O)=O. The highest BCUT2D eigenvalue weighted by Gasteiger charge is 2.28. The minimum atomic E-state index is -3.07. The molecule has 0 aliphatic carbocycles. The first-order valence-electron chi connectivity index (χ1n) is 4.69. The highest BCUT2D eigenvalue weighted by molar-refractivity contribution is 7.89. The zero-order chi connectivity index (χ0) is 10.6. The van der Waals surface area contributed by atoms with E-state index in [0.29, 0.717) is 19.6 Å². The molecular weight excluding hydrogens is 206 g/mol. The van der Waals surface area contributed by atoms with Gasteiger partial charge in [-0.05, 0) is 13.3 Å². The van der Waals surface area contributed by atoms with Crippen LogP contribution >= 0.6 is 0 Å². The van der Waals surface area contributed by atoms with Crippen molar-refractivity contribution in [2.75, 3.05) is 25.4 Å². The zero-order valence-electron chi connectivity index (χ0n) is 8.23. The van der Waals surface area contributed by atoms with E-state index >= 15 is 0 Å². The number of ether oxygens (including phenoxy) is 1. The summed E-state index contributed by atoms with van der Waals surface area (Å²) in [5.74, 6) is -0.134. The highest BCUT2D eigenvalue weighted by atomic mass is 32.2. The summed E-state index contributed by atoms with van der Waals surface area (Å²) < 4.78 is 28.7. The van der Waals surface area contributed by atoms with Crippen molar-refractivity contribution < 1.29 is 17.9 Å². The molecule has 0 bridgehead atoms. The lowest BCUT2D eigenvalue weighted by Crippen LogP contribution is -2.28. The second kappa shape index (κ2) is 4.75. The molecule has 1 saturated heterocycles. The number of hydrogen-bond donors (Lipinski definition) is 0. The molecule has 0 amide bonds. The van der Waals surface area contributed by atoms with Gasteiger partial charge in [0.15, 0.2) is 0 Å². The Morgan fingerprint density at radius 3 is 2.71 bits per heavy atom. The molecule has 1 aliphatic rings. The lowest BCUT2D eigenvalue weighted by molar-refractivity contribution is -0.143. The van der Waals surface area contributed by atoms with Gasteiger partial charge in [0.25, 0.3) is 0 Å². The third-order valence-electron chi connectivity index (χ3n) is 2.07. The van der Waals surface area contributed by atoms with E-state index in [1.54, 1.807) is 6.92 Å². The third-order valence-corrected chi connectivity index (χ3v) is 4.03. The second-order valence-corrected chi connectivity index (χ2v) is 5.21. The van der Waals surface area contributed by atoms with Crippen LogP contribution in [0.25, 0.3) is 0 Å². The molecule has 0 aromatic heterocycles. The summed E-state index contributed by atoms with van der Waals surface area (Å²) in [5.41, 5.74) is 0. The molecule has 6 heteroatoms. The minimum Gasteiger partial charge on any atom is -0.466 e. The first-order chi connectivity index (χ1) is 6.56. The predicted molar refractivity (Wildman–Crippen MR) is 51.2 cm³/mol. The summed E-state index contributed by atoms with van der Waals surface area (Å²) in [6, 6.07) is 0. The molecule has 0 unspecified atom stereocenters. The molecule has 1 rings (SSSR count). The lowest BCUT2D eigenvalue weighted by Gasteiger charge is -2.12. The van der Waals surface area contributed by atoms with Crippen LogP contribution in [-0.4, -0.2) is 44.1 Å². The van der Waals surface area contributed by atoms with Crippen molar-refractivity contribution in [3.8, 4) is 0 Å². The van der Waals surface area contributed by atoms with E-state index in [1.165, 1.54) is 4.31 Å². The Hall–Kier alpha value is -0.620. The number of carbonyl (C=O) groups is 1. The van der Waals surface area contributed by atoms with Crippen LogP contribution in [0.3, 0.4) is 0 Å². The maximum atomic E-state index is 11.3. The number of nitrogens with zero attached hydrogens (tertiary/aromatic N) is 1. The number of hydrogen-bond acceptors (Lipinski definition) is 4. The first kappa shape index (κ1) is 11.5. The van der Waals surface area contributed by atoms with Crippen molar-refractivity contribution >= 4 is 16.0 Å². The van der Waals surface area contributed by atoms with Crippen LogP contribution < -0.4 is 0 Å². The van der Waals surface area contributed by atoms with Crippen molar-refractivity contribution in [3.05, 3.63) is 0 Å². The van der Waals surface area contributed by atoms with Gasteiger partial charge in [-0.25, -0.2) is 12.7 Å². The number of rotatable bonds is 4. The van der Waals surface area contributed by atoms with Gasteiger partial charge in [0.05, 0.1) is 18.8 Å². The van der Waals surface area contributed by atoms with Crippen LogP contribution in [0.2, 0.25) is 0 Å².